The number of benzene rings is 1. The Morgan fingerprint density at radius 3 is 2.94 bits per heavy atom. The first-order valence-electron chi connectivity index (χ1n) is 5.58. The number of hydrogen-bond acceptors (Lipinski definition) is 4. The zero-order chi connectivity index (χ0) is 13.1. The van der Waals surface area contributed by atoms with Crippen LogP contribution >= 0.6 is 0 Å². The zero-order valence-electron chi connectivity index (χ0n) is 9.90. The highest BCUT2D eigenvalue weighted by atomic mass is 16.5. The van der Waals surface area contributed by atoms with Gasteiger partial charge in [0.2, 0.25) is 5.91 Å². The van der Waals surface area contributed by atoms with E-state index in [4.69, 9.17) is 9.84 Å². The summed E-state index contributed by atoms with van der Waals surface area (Å²) in [5, 5.41) is 14.4. The standard InChI is InChI=1S/C12H14N2O4/c1-18-9-4-2-3-7-11(9)14-12(17)8(13-7)5-6-10(15)16/h2-4,8,13H,5-6H2,1H3,(H,14,17)(H,15,16). The van der Waals surface area contributed by atoms with Crippen LogP contribution in [0.15, 0.2) is 18.2 Å². The SMILES string of the molecule is COc1cccc2c1NC(=O)C(CCC(=O)O)N2. The summed E-state index contributed by atoms with van der Waals surface area (Å²) in [6.45, 7) is 0. The lowest BCUT2D eigenvalue weighted by atomic mass is 10.1. The summed E-state index contributed by atoms with van der Waals surface area (Å²) < 4.78 is 5.15. The molecule has 1 aliphatic heterocycles. The van der Waals surface area contributed by atoms with Crippen molar-refractivity contribution < 1.29 is 19.4 Å². The molecule has 1 atom stereocenters. The van der Waals surface area contributed by atoms with Crippen molar-refractivity contribution in [3.8, 4) is 5.75 Å². The van der Waals surface area contributed by atoms with Gasteiger partial charge in [0.05, 0.1) is 12.8 Å². The molecule has 18 heavy (non-hydrogen) atoms. The third-order valence-electron chi connectivity index (χ3n) is 2.79. The topological polar surface area (TPSA) is 87.7 Å². The van der Waals surface area contributed by atoms with E-state index in [2.05, 4.69) is 10.6 Å². The van der Waals surface area contributed by atoms with Crippen molar-refractivity contribution in [2.45, 2.75) is 18.9 Å². The van der Waals surface area contributed by atoms with Crippen LogP contribution in [-0.4, -0.2) is 30.1 Å². The first kappa shape index (κ1) is 12.2. The Balaban J connectivity index is 2.18. The van der Waals surface area contributed by atoms with Gasteiger partial charge in [-0.2, -0.15) is 0 Å². The Hall–Kier alpha value is -2.24. The molecule has 1 aromatic carbocycles. The van der Waals surface area contributed by atoms with Crippen LogP contribution in [0.5, 0.6) is 5.75 Å². The number of methoxy groups -OCH3 is 1. The molecule has 0 radical (unpaired) electrons. The largest absolute Gasteiger partial charge is 0.494 e. The summed E-state index contributed by atoms with van der Waals surface area (Å²) in [5.74, 6) is -0.584. The molecule has 1 aromatic rings. The quantitative estimate of drug-likeness (QED) is 0.749. The van der Waals surface area contributed by atoms with Crippen LogP contribution in [0.2, 0.25) is 0 Å². The monoisotopic (exact) mass is 250 g/mol. The van der Waals surface area contributed by atoms with Crippen molar-refractivity contribution in [1.29, 1.82) is 0 Å². The summed E-state index contributed by atoms with van der Waals surface area (Å²) in [5.41, 5.74) is 1.33. The smallest absolute Gasteiger partial charge is 0.303 e. The second-order valence-corrected chi connectivity index (χ2v) is 4.00. The van der Waals surface area contributed by atoms with E-state index in [0.29, 0.717) is 11.4 Å². The number of carbonyl (C=O) groups is 2. The molecule has 1 unspecified atom stereocenters. The fourth-order valence-corrected chi connectivity index (χ4v) is 1.89. The van der Waals surface area contributed by atoms with Gasteiger partial charge in [-0.25, -0.2) is 0 Å². The summed E-state index contributed by atoms with van der Waals surface area (Å²) in [6.07, 6.45) is 0.197. The number of carbonyl (C=O) groups excluding carboxylic acids is 1. The Morgan fingerprint density at radius 2 is 2.28 bits per heavy atom. The van der Waals surface area contributed by atoms with Crippen molar-refractivity contribution in [3.05, 3.63) is 18.2 Å². The first-order valence-corrected chi connectivity index (χ1v) is 5.58. The van der Waals surface area contributed by atoms with Gasteiger partial charge in [0.1, 0.15) is 17.5 Å². The number of rotatable bonds is 4. The molecule has 2 rings (SSSR count). The Morgan fingerprint density at radius 1 is 1.50 bits per heavy atom. The Kier molecular flexibility index (Phi) is 3.36. The predicted octanol–water partition coefficient (Wildman–Crippen LogP) is 1.29. The minimum atomic E-state index is -0.916. The lowest BCUT2D eigenvalue weighted by Crippen LogP contribution is -2.39. The number of para-hydroxylation sites is 1. The summed E-state index contributed by atoms with van der Waals surface area (Å²) in [4.78, 5) is 22.3. The third-order valence-corrected chi connectivity index (χ3v) is 2.79. The molecule has 1 aliphatic rings. The molecule has 0 saturated heterocycles. The van der Waals surface area contributed by atoms with Gasteiger partial charge in [0, 0.05) is 6.42 Å². The molecule has 0 bridgehead atoms. The van der Waals surface area contributed by atoms with Crippen molar-refractivity contribution in [2.24, 2.45) is 0 Å². The number of anilines is 2. The molecule has 1 amide bonds. The Bertz CT molecular complexity index is 487. The van der Waals surface area contributed by atoms with Crippen LogP contribution in [0, 0.1) is 0 Å². The molecule has 96 valence electrons. The van der Waals surface area contributed by atoms with Crippen LogP contribution in [0.4, 0.5) is 11.4 Å². The van der Waals surface area contributed by atoms with Crippen LogP contribution in [0.3, 0.4) is 0 Å². The van der Waals surface area contributed by atoms with Crippen LogP contribution in [-0.2, 0) is 9.59 Å². The summed E-state index contributed by atoms with van der Waals surface area (Å²) >= 11 is 0. The molecule has 3 N–H and O–H groups in total. The highest BCUT2D eigenvalue weighted by Crippen LogP contribution is 2.35. The maximum Gasteiger partial charge on any atom is 0.303 e. The van der Waals surface area contributed by atoms with E-state index in [0.717, 1.165) is 5.69 Å². The van der Waals surface area contributed by atoms with E-state index < -0.39 is 12.0 Å². The molecule has 6 heteroatoms. The number of nitrogens with one attached hydrogen (secondary N) is 2. The fraction of sp³-hybridized carbons (Fsp3) is 0.333. The van der Waals surface area contributed by atoms with Crippen LogP contribution in [0.25, 0.3) is 0 Å². The van der Waals surface area contributed by atoms with Gasteiger partial charge in [-0.1, -0.05) is 6.07 Å². The number of aliphatic carboxylic acids is 1. The third kappa shape index (κ3) is 2.37. The normalized spacial score (nSPS) is 17.4. The molecule has 0 saturated carbocycles. The van der Waals surface area contributed by atoms with Crippen molar-refractivity contribution in [2.75, 3.05) is 17.7 Å². The van der Waals surface area contributed by atoms with E-state index >= 15 is 0 Å². The van der Waals surface area contributed by atoms with Crippen LogP contribution < -0.4 is 15.4 Å². The minimum absolute atomic E-state index is 0.0512. The molecule has 0 spiro atoms. The maximum atomic E-state index is 11.8. The first-order chi connectivity index (χ1) is 8.61. The Labute approximate surface area is 104 Å². The molecular weight excluding hydrogens is 236 g/mol. The van der Waals surface area contributed by atoms with Crippen molar-refractivity contribution in [1.82, 2.24) is 0 Å². The average molecular weight is 250 g/mol. The number of amides is 1. The van der Waals surface area contributed by atoms with E-state index in [-0.39, 0.29) is 18.7 Å². The molecule has 0 aromatic heterocycles. The zero-order valence-corrected chi connectivity index (χ0v) is 9.90. The lowest BCUT2D eigenvalue weighted by molar-refractivity contribution is -0.137. The second-order valence-electron chi connectivity index (χ2n) is 4.00. The lowest BCUT2D eigenvalue weighted by Gasteiger charge is -2.27. The number of fused-ring (bicyclic) bond motifs is 1. The summed E-state index contributed by atoms with van der Waals surface area (Å²) in [7, 11) is 1.53. The minimum Gasteiger partial charge on any atom is -0.494 e. The van der Waals surface area contributed by atoms with Gasteiger partial charge in [-0.05, 0) is 18.6 Å². The van der Waals surface area contributed by atoms with Crippen molar-refractivity contribution in [3.63, 3.8) is 0 Å². The number of hydrogen-bond donors (Lipinski definition) is 3. The second kappa shape index (κ2) is 4.95. The van der Waals surface area contributed by atoms with Gasteiger partial charge < -0.3 is 20.5 Å². The van der Waals surface area contributed by atoms with E-state index in [1.807, 2.05) is 6.07 Å². The maximum absolute atomic E-state index is 11.8. The number of carboxylic acids is 1. The van der Waals surface area contributed by atoms with E-state index in [9.17, 15) is 9.59 Å². The number of ether oxygens (including phenoxy) is 1. The molecular formula is C12H14N2O4. The number of carboxylic acid groups (broad SMARTS) is 1. The molecule has 0 fully saturated rings. The van der Waals surface area contributed by atoms with E-state index in [1.165, 1.54) is 7.11 Å². The highest BCUT2D eigenvalue weighted by molar-refractivity contribution is 6.04. The van der Waals surface area contributed by atoms with E-state index in [1.54, 1.807) is 12.1 Å². The molecule has 1 heterocycles. The fourth-order valence-electron chi connectivity index (χ4n) is 1.89. The molecule has 0 aliphatic carbocycles. The average Bonchev–Trinajstić information content (AvgIpc) is 2.35. The van der Waals surface area contributed by atoms with Gasteiger partial charge in [0.25, 0.3) is 0 Å². The summed E-state index contributed by atoms with van der Waals surface area (Å²) in [6, 6.07) is 4.83. The predicted molar refractivity (Wildman–Crippen MR) is 65.9 cm³/mol. The molecule has 6 nitrogen and oxygen atoms in total. The van der Waals surface area contributed by atoms with Gasteiger partial charge >= 0.3 is 5.97 Å². The van der Waals surface area contributed by atoms with Gasteiger partial charge in [0.15, 0.2) is 0 Å². The van der Waals surface area contributed by atoms with Crippen molar-refractivity contribution >= 4 is 23.3 Å². The highest BCUT2D eigenvalue weighted by Gasteiger charge is 2.27. The van der Waals surface area contributed by atoms with Gasteiger partial charge in [-0.3, -0.25) is 9.59 Å². The van der Waals surface area contributed by atoms with Gasteiger partial charge in [-0.15, -0.1) is 0 Å². The van der Waals surface area contributed by atoms with Crippen LogP contribution in [0.1, 0.15) is 12.8 Å².